The maximum Gasteiger partial charge on any atom is 0.198 e. The minimum absolute atomic E-state index is 0.00760. The Labute approximate surface area is 200 Å². The molecule has 184 valence electrons. The Hall–Kier alpha value is -3.11. The van der Waals surface area contributed by atoms with Gasteiger partial charge >= 0.3 is 0 Å². The van der Waals surface area contributed by atoms with E-state index in [2.05, 4.69) is 0 Å². The van der Waals surface area contributed by atoms with Gasteiger partial charge < -0.3 is 29.9 Å². The van der Waals surface area contributed by atoms with Crippen LogP contribution in [0.2, 0.25) is 0 Å². The van der Waals surface area contributed by atoms with Gasteiger partial charge in [0.05, 0.1) is 36.6 Å². The Morgan fingerprint density at radius 2 is 1.71 bits per heavy atom. The van der Waals surface area contributed by atoms with Gasteiger partial charge in [0.15, 0.2) is 17.3 Å². The number of carbonyl (C=O) groups excluding carboxylic acids is 3. The fourth-order valence-corrected chi connectivity index (χ4v) is 5.48. The molecule has 0 bridgehead atoms. The van der Waals surface area contributed by atoms with Crippen LogP contribution in [0, 0.1) is 0 Å². The fourth-order valence-electron chi connectivity index (χ4n) is 5.48. The van der Waals surface area contributed by atoms with Crippen LogP contribution < -0.4 is 4.74 Å². The van der Waals surface area contributed by atoms with Gasteiger partial charge in [-0.2, -0.15) is 0 Å². The summed E-state index contributed by atoms with van der Waals surface area (Å²) in [6.45, 7) is 3.11. The summed E-state index contributed by atoms with van der Waals surface area (Å²) in [6, 6.07) is 4.23. The Kier molecular flexibility index (Phi) is 5.37. The molecular weight excluding hydrogens is 456 g/mol. The van der Waals surface area contributed by atoms with Crippen molar-refractivity contribution in [1.29, 1.82) is 0 Å². The predicted molar refractivity (Wildman–Crippen MR) is 121 cm³/mol. The molecule has 2 aliphatic carbocycles. The molecule has 5 unspecified atom stereocenters. The molecule has 4 N–H and O–H groups in total. The maximum atomic E-state index is 13.6. The Bertz CT molecular complexity index is 1280. The topological polar surface area (TPSA) is 151 Å². The molecule has 2 aromatic rings. The lowest BCUT2D eigenvalue weighted by Crippen LogP contribution is -2.44. The van der Waals surface area contributed by atoms with E-state index >= 15 is 0 Å². The van der Waals surface area contributed by atoms with E-state index in [1.165, 1.54) is 32.2 Å². The second-order valence-corrected chi connectivity index (χ2v) is 9.84. The van der Waals surface area contributed by atoms with Gasteiger partial charge in [0.1, 0.15) is 17.6 Å². The molecular formula is C26H26O9. The average molecular weight is 482 g/mol. The summed E-state index contributed by atoms with van der Waals surface area (Å²) in [5.41, 5.74) is -1.04. The number of ketones is 3. The van der Waals surface area contributed by atoms with Crippen molar-refractivity contribution in [3.63, 3.8) is 0 Å². The molecule has 2 aromatic carbocycles. The molecule has 5 rings (SSSR count). The number of Topliss-reactive ketones (excluding diaryl/α,β-unsaturated/α-hetero) is 1. The van der Waals surface area contributed by atoms with Gasteiger partial charge in [-0.3, -0.25) is 14.4 Å². The molecule has 0 spiro atoms. The van der Waals surface area contributed by atoms with Crippen LogP contribution in [0.1, 0.15) is 86.1 Å². The zero-order chi connectivity index (χ0) is 25.4. The van der Waals surface area contributed by atoms with Crippen LogP contribution in [-0.4, -0.2) is 68.8 Å². The molecule has 1 saturated heterocycles. The number of phenolic OH excluding ortho intramolecular Hbond substituents is 1. The maximum absolute atomic E-state index is 13.6. The highest BCUT2D eigenvalue weighted by Gasteiger charge is 2.44. The molecule has 0 aromatic heterocycles. The summed E-state index contributed by atoms with van der Waals surface area (Å²) in [7, 11) is 1.37. The van der Waals surface area contributed by atoms with E-state index in [4.69, 9.17) is 9.47 Å². The van der Waals surface area contributed by atoms with Crippen LogP contribution in [0.5, 0.6) is 11.5 Å². The molecule has 1 fully saturated rings. The molecule has 1 aliphatic heterocycles. The number of hydrogen-bond donors (Lipinski definition) is 4. The number of methoxy groups -OCH3 is 1. The van der Waals surface area contributed by atoms with Gasteiger partial charge in [-0.15, -0.1) is 0 Å². The Balaban J connectivity index is 1.66. The highest BCUT2D eigenvalue weighted by atomic mass is 16.5. The standard InChI is InChI=1S/C26H26O9/c1-10-22(29)15(27)7-18(35-10)11-4-5-12-21(23(11)30)25(32)13-6-17(34-3)14-8-26(2,33)9-16(28)19(14)20(13)24(12)31/h4-6,10,15,18,22,27,29-30,33H,7-9H2,1-3H3. The molecule has 0 radical (unpaired) electrons. The van der Waals surface area contributed by atoms with Crippen LogP contribution in [-0.2, 0) is 11.2 Å². The first-order valence-corrected chi connectivity index (χ1v) is 11.4. The van der Waals surface area contributed by atoms with E-state index in [1.54, 1.807) is 6.92 Å². The van der Waals surface area contributed by atoms with Crippen LogP contribution in [0.3, 0.4) is 0 Å². The van der Waals surface area contributed by atoms with E-state index in [9.17, 15) is 34.8 Å². The van der Waals surface area contributed by atoms with Crippen molar-refractivity contribution in [3.8, 4) is 11.5 Å². The van der Waals surface area contributed by atoms with Crippen LogP contribution >= 0.6 is 0 Å². The predicted octanol–water partition coefficient (Wildman–Crippen LogP) is 1.63. The first kappa shape index (κ1) is 23.6. The number of carbonyl (C=O) groups is 3. The first-order chi connectivity index (χ1) is 16.4. The molecule has 9 heteroatoms. The van der Waals surface area contributed by atoms with Gasteiger partial charge in [-0.1, -0.05) is 6.07 Å². The smallest absolute Gasteiger partial charge is 0.198 e. The van der Waals surface area contributed by atoms with Crippen molar-refractivity contribution in [2.75, 3.05) is 7.11 Å². The summed E-state index contributed by atoms with van der Waals surface area (Å²) >= 11 is 0. The van der Waals surface area contributed by atoms with Gasteiger partial charge in [0, 0.05) is 52.6 Å². The highest BCUT2D eigenvalue weighted by Crippen LogP contribution is 2.45. The number of phenols is 1. The highest BCUT2D eigenvalue weighted by molar-refractivity contribution is 6.32. The van der Waals surface area contributed by atoms with Crippen molar-refractivity contribution in [2.45, 2.75) is 63.1 Å². The number of aliphatic hydroxyl groups excluding tert-OH is 2. The number of fused-ring (bicyclic) bond motifs is 4. The third-order valence-corrected chi connectivity index (χ3v) is 7.20. The summed E-state index contributed by atoms with van der Waals surface area (Å²) < 4.78 is 11.2. The third-order valence-electron chi connectivity index (χ3n) is 7.20. The molecule has 5 atom stereocenters. The minimum atomic E-state index is -1.31. The number of rotatable bonds is 2. The van der Waals surface area contributed by atoms with E-state index in [0.29, 0.717) is 5.56 Å². The van der Waals surface area contributed by atoms with Crippen molar-refractivity contribution in [2.24, 2.45) is 0 Å². The number of ether oxygens (including phenoxy) is 2. The molecule has 1 heterocycles. The summed E-state index contributed by atoms with van der Waals surface area (Å²) in [4.78, 5) is 40.2. The first-order valence-electron chi connectivity index (χ1n) is 11.4. The quantitative estimate of drug-likeness (QED) is 0.427. The van der Waals surface area contributed by atoms with Gasteiger partial charge in [0.2, 0.25) is 0 Å². The number of benzene rings is 2. The van der Waals surface area contributed by atoms with Crippen LogP contribution in [0.4, 0.5) is 0 Å². The summed E-state index contributed by atoms with van der Waals surface area (Å²) in [5, 5.41) is 41.8. The van der Waals surface area contributed by atoms with Crippen LogP contribution in [0.15, 0.2) is 18.2 Å². The Morgan fingerprint density at radius 1 is 1.03 bits per heavy atom. The average Bonchev–Trinajstić information content (AvgIpc) is 2.78. The lowest BCUT2D eigenvalue weighted by molar-refractivity contribution is -0.163. The van der Waals surface area contributed by atoms with E-state index in [-0.39, 0.29) is 58.4 Å². The molecule has 0 amide bonds. The monoisotopic (exact) mass is 482 g/mol. The van der Waals surface area contributed by atoms with Gasteiger partial charge in [0.25, 0.3) is 0 Å². The fraction of sp³-hybridized carbons (Fsp3) is 0.423. The number of aliphatic hydroxyl groups is 3. The normalized spacial score (nSPS) is 29.9. The van der Waals surface area contributed by atoms with Gasteiger partial charge in [-0.05, 0) is 26.0 Å². The molecule has 35 heavy (non-hydrogen) atoms. The zero-order valence-electron chi connectivity index (χ0n) is 19.5. The molecule has 9 nitrogen and oxygen atoms in total. The second kappa shape index (κ2) is 7.96. The number of aromatic hydroxyl groups is 1. The SMILES string of the molecule is COc1cc2c(c3c1CC(C)(O)CC3=O)C(=O)c1ccc(C3CC(O)C(O)C(C)O3)c(O)c1C2=O. The van der Waals surface area contributed by atoms with Gasteiger partial charge in [-0.25, -0.2) is 0 Å². The molecule has 3 aliphatic rings. The van der Waals surface area contributed by atoms with E-state index < -0.39 is 53.1 Å². The lowest BCUT2D eigenvalue weighted by atomic mass is 9.72. The summed E-state index contributed by atoms with van der Waals surface area (Å²) in [5.74, 6) is -1.94. The van der Waals surface area contributed by atoms with E-state index in [1.807, 2.05) is 0 Å². The third kappa shape index (κ3) is 3.49. The van der Waals surface area contributed by atoms with E-state index in [0.717, 1.165) is 0 Å². The number of hydrogen-bond acceptors (Lipinski definition) is 9. The molecule has 0 saturated carbocycles. The summed E-state index contributed by atoms with van der Waals surface area (Å²) in [6.07, 6.45) is -3.82. The zero-order valence-corrected chi connectivity index (χ0v) is 19.5. The lowest BCUT2D eigenvalue weighted by Gasteiger charge is -2.36. The second-order valence-electron chi connectivity index (χ2n) is 9.84. The van der Waals surface area contributed by atoms with Crippen molar-refractivity contribution in [3.05, 3.63) is 57.1 Å². The van der Waals surface area contributed by atoms with Crippen molar-refractivity contribution in [1.82, 2.24) is 0 Å². The largest absolute Gasteiger partial charge is 0.507 e. The minimum Gasteiger partial charge on any atom is -0.507 e. The van der Waals surface area contributed by atoms with Crippen LogP contribution in [0.25, 0.3) is 0 Å². The van der Waals surface area contributed by atoms with Crippen molar-refractivity contribution >= 4 is 17.3 Å². The van der Waals surface area contributed by atoms with Crippen molar-refractivity contribution < 1.29 is 44.3 Å². The Morgan fingerprint density at radius 3 is 2.37 bits per heavy atom.